The van der Waals surface area contributed by atoms with Crippen LogP contribution >= 0.6 is 11.6 Å². The van der Waals surface area contributed by atoms with E-state index in [1.807, 2.05) is 19.9 Å². The summed E-state index contributed by atoms with van der Waals surface area (Å²) in [4.78, 5) is 12.3. The Kier molecular flexibility index (Phi) is 4.55. The van der Waals surface area contributed by atoms with Crippen molar-refractivity contribution < 1.29 is 9.18 Å². The summed E-state index contributed by atoms with van der Waals surface area (Å²) in [6.45, 7) is 4.58. The zero-order valence-corrected chi connectivity index (χ0v) is 12.2. The highest BCUT2D eigenvalue weighted by Gasteiger charge is 2.15. The van der Waals surface area contributed by atoms with Gasteiger partial charge in [0, 0.05) is 13.0 Å². The number of carbonyl (C=O) groups excluding carboxylic acids is 1. The number of ketones is 1. The molecule has 106 valence electrons. The lowest BCUT2D eigenvalue weighted by Gasteiger charge is -2.04. The van der Waals surface area contributed by atoms with Crippen LogP contribution in [0.3, 0.4) is 0 Å². The van der Waals surface area contributed by atoms with E-state index in [9.17, 15) is 9.18 Å². The maximum Gasteiger partial charge on any atom is 0.185 e. The van der Waals surface area contributed by atoms with Crippen molar-refractivity contribution in [3.05, 3.63) is 52.1 Å². The summed E-state index contributed by atoms with van der Waals surface area (Å²) in [5.74, 6) is -0.517. The van der Waals surface area contributed by atoms with E-state index in [4.69, 9.17) is 11.6 Å². The number of aromatic nitrogens is 2. The number of hydrogen-bond acceptors (Lipinski definition) is 2. The van der Waals surface area contributed by atoms with Crippen LogP contribution in [-0.4, -0.2) is 15.6 Å². The molecule has 0 aliphatic heterocycles. The number of hydrogen-bond donors (Lipinski definition) is 0. The van der Waals surface area contributed by atoms with Gasteiger partial charge >= 0.3 is 0 Å². The van der Waals surface area contributed by atoms with E-state index < -0.39 is 5.82 Å². The van der Waals surface area contributed by atoms with Gasteiger partial charge in [-0.05, 0) is 37.1 Å². The molecule has 0 bridgehead atoms. The zero-order chi connectivity index (χ0) is 14.7. The lowest BCUT2D eigenvalue weighted by molar-refractivity contribution is 0.0982. The molecule has 0 aliphatic carbocycles. The van der Waals surface area contributed by atoms with Crippen molar-refractivity contribution in [3.8, 4) is 0 Å². The second kappa shape index (κ2) is 6.18. The van der Waals surface area contributed by atoms with Crippen LogP contribution in [0.1, 0.15) is 35.6 Å². The van der Waals surface area contributed by atoms with Gasteiger partial charge in [-0.15, -0.1) is 0 Å². The van der Waals surface area contributed by atoms with E-state index in [1.54, 1.807) is 10.7 Å². The molecule has 0 aliphatic rings. The van der Waals surface area contributed by atoms with Crippen molar-refractivity contribution in [1.82, 2.24) is 9.78 Å². The van der Waals surface area contributed by atoms with Crippen molar-refractivity contribution in [2.24, 2.45) is 0 Å². The summed E-state index contributed by atoms with van der Waals surface area (Å²) in [6.07, 6.45) is 0.977. The summed E-state index contributed by atoms with van der Waals surface area (Å²) in [5, 5.41) is 4.39. The molecule has 3 nitrogen and oxygen atoms in total. The quantitative estimate of drug-likeness (QED) is 0.788. The molecule has 0 amide bonds. The van der Waals surface area contributed by atoms with Crippen LogP contribution in [0, 0.1) is 5.82 Å². The Morgan fingerprint density at radius 1 is 1.35 bits per heavy atom. The molecule has 1 aromatic carbocycles. The lowest BCUT2D eigenvalue weighted by Crippen LogP contribution is -2.11. The van der Waals surface area contributed by atoms with Crippen LogP contribution in [-0.2, 0) is 19.4 Å². The molecule has 0 atom stereocenters. The number of Topliss-reactive ketones (excluding diaryl/α,β-unsaturated/α-hetero) is 1. The Balaban J connectivity index is 2.23. The van der Waals surface area contributed by atoms with Crippen LogP contribution in [0.15, 0.2) is 24.3 Å². The maximum absolute atomic E-state index is 13.1. The van der Waals surface area contributed by atoms with Crippen LogP contribution < -0.4 is 0 Å². The predicted molar refractivity (Wildman–Crippen MR) is 76.7 cm³/mol. The number of aryl methyl sites for hydroxylation is 2. The molecule has 0 fully saturated rings. The topological polar surface area (TPSA) is 34.9 Å². The molecule has 2 rings (SSSR count). The Morgan fingerprint density at radius 3 is 2.70 bits per heavy atom. The van der Waals surface area contributed by atoms with E-state index in [1.165, 1.54) is 12.1 Å². The van der Waals surface area contributed by atoms with Gasteiger partial charge in [-0.2, -0.15) is 5.10 Å². The predicted octanol–water partition coefficient (Wildman–Crippen LogP) is 3.68. The average Bonchev–Trinajstić information content (AvgIpc) is 2.86. The van der Waals surface area contributed by atoms with Gasteiger partial charge in [-0.1, -0.05) is 24.6 Å². The lowest BCUT2D eigenvalue weighted by atomic mass is 10.1. The van der Waals surface area contributed by atoms with Gasteiger partial charge in [0.1, 0.15) is 11.5 Å². The summed E-state index contributed by atoms with van der Waals surface area (Å²) < 4.78 is 14.8. The van der Waals surface area contributed by atoms with Crippen molar-refractivity contribution in [3.63, 3.8) is 0 Å². The van der Waals surface area contributed by atoms with E-state index in [0.29, 0.717) is 17.8 Å². The molecular weight excluding hydrogens is 279 g/mol. The average molecular weight is 295 g/mol. The minimum Gasteiger partial charge on any atom is -0.292 e. The van der Waals surface area contributed by atoms with Crippen molar-refractivity contribution in [2.75, 3.05) is 0 Å². The maximum atomic E-state index is 13.1. The Bertz CT molecular complexity index is 637. The highest BCUT2D eigenvalue weighted by Crippen LogP contribution is 2.18. The van der Waals surface area contributed by atoms with Gasteiger partial charge in [0.15, 0.2) is 5.78 Å². The Labute approximate surface area is 122 Å². The third-order valence-electron chi connectivity index (χ3n) is 3.13. The van der Waals surface area contributed by atoms with Crippen LogP contribution in [0.25, 0.3) is 0 Å². The molecule has 0 saturated heterocycles. The molecular formula is C15H16ClFN2O. The third kappa shape index (κ3) is 3.07. The first-order chi connectivity index (χ1) is 9.55. The molecule has 0 saturated carbocycles. The van der Waals surface area contributed by atoms with Crippen LogP contribution in [0.4, 0.5) is 4.39 Å². The number of carbonyl (C=O) groups is 1. The molecule has 0 N–H and O–H groups in total. The van der Waals surface area contributed by atoms with Crippen LogP contribution in [0.2, 0.25) is 5.02 Å². The molecule has 0 spiro atoms. The van der Waals surface area contributed by atoms with Gasteiger partial charge in [-0.25, -0.2) is 4.39 Å². The Morgan fingerprint density at radius 2 is 2.10 bits per heavy atom. The SMILES string of the molecule is CCc1cc(C(=O)Cc2ccc(F)c(Cl)c2)n(CC)n1. The fraction of sp³-hybridized carbons (Fsp3) is 0.333. The van der Waals surface area contributed by atoms with Crippen molar-refractivity contribution >= 4 is 17.4 Å². The molecule has 1 heterocycles. The van der Waals surface area contributed by atoms with Gasteiger partial charge < -0.3 is 0 Å². The number of benzene rings is 1. The molecule has 1 aromatic heterocycles. The fourth-order valence-electron chi connectivity index (χ4n) is 2.03. The number of nitrogens with zero attached hydrogens (tertiary/aromatic N) is 2. The standard InChI is InChI=1S/C15H16ClFN2O/c1-3-11-9-14(19(4-2)18-11)15(20)8-10-5-6-13(17)12(16)7-10/h5-7,9H,3-4,8H2,1-2H3. The summed E-state index contributed by atoms with van der Waals surface area (Å²) in [7, 11) is 0. The minimum atomic E-state index is -0.477. The Hall–Kier alpha value is -1.68. The second-order valence-corrected chi connectivity index (χ2v) is 4.95. The number of halogens is 2. The molecule has 20 heavy (non-hydrogen) atoms. The summed E-state index contributed by atoms with van der Waals surface area (Å²) in [5.41, 5.74) is 2.18. The fourth-order valence-corrected chi connectivity index (χ4v) is 2.24. The first kappa shape index (κ1) is 14.7. The highest BCUT2D eigenvalue weighted by atomic mass is 35.5. The molecule has 0 radical (unpaired) electrons. The summed E-state index contributed by atoms with van der Waals surface area (Å²) in [6, 6.07) is 6.16. The van der Waals surface area contributed by atoms with Gasteiger partial charge in [0.2, 0.25) is 0 Å². The summed E-state index contributed by atoms with van der Waals surface area (Å²) >= 11 is 5.72. The molecule has 2 aromatic rings. The normalized spacial score (nSPS) is 10.8. The second-order valence-electron chi connectivity index (χ2n) is 4.54. The smallest absolute Gasteiger partial charge is 0.185 e. The van der Waals surface area contributed by atoms with Crippen molar-refractivity contribution in [1.29, 1.82) is 0 Å². The number of rotatable bonds is 5. The first-order valence-corrected chi connectivity index (χ1v) is 6.96. The van der Waals surface area contributed by atoms with E-state index in [2.05, 4.69) is 5.10 Å². The highest BCUT2D eigenvalue weighted by molar-refractivity contribution is 6.30. The van der Waals surface area contributed by atoms with Gasteiger partial charge in [-0.3, -0.25) is 9.48 Å². The van der Waals surface area contributed by atoms with E-state index in [-0.39, 0.29) is 17.2 Å². The van der Waals surface area contributed by atoms with Crippen molar-refractivity contribution in [2.45, 2.75) is 33.2 Å². The van der Waals surface area contributed by atoms with Gasteiger partial charge in [0.05, 0.1) is 10.7 Å². The molecule has 5 heteroatoms. The van der Waals surface area contributed by atoms with E-state index >= 15 is 0 Å². The third-order valence-corrected chi connectivity index (χ3v) is 3.42. The van der Waals surface area contributed by atoms with Gasteiger partial charge in [0.25, 0.3) is 0 Å². The zero-order valence-electron chi connectivity index (χ0n) is 11.5. The van der Waals surface area contributed by atoms with E-state index in [0.717, 1.165) is 12.1 Å². The monoisotopic (exact) mass is 294 g/mol. The largest absolute Gasteiger partial charge is 0.292 e. The van der Waals surface area contributed by atoms with Crippen LogP contribution in [0.5, 0.6) is 0 Å². The first-order valence-electron chi connectivity index (χ1n) is 6.59. The molecule has 0 unspecified atom stereocenters. The minimum absolute atomic E-state index is 0.0357.